The van der Waals surface area contributed by atoms with Crippen molar-refractivity contribution in [3.63, 3.8) is 0 Å². The van der Waals surface area contributed by atoms with Gasteiger partial charge in [0.1, 0.15) is 0 Å². The number of imidazole rings is 1. The summed E-state index contributed by atoms with van der Waals surface area (Å²) in [6, 6.07) is 16.1. The van der Waals surface area contributed by atoms with Gasteiger partial charge in [0, 0.05) is 56.5 Å². The molecule has 2 aliphatic rings. The monoisotopic (exact) mass is 480 g/mol. The minimum atomic E-state index is 0.0169. The van der Waals surface area contributed by atoms with E-state index in [2.05, 4.69) is 31.1 Å². The van der Waals surface area contributed by atoms with Gasteiger partial charge in [-0.15, -0.1) is 0 Å². The molecule has 0 aliphatic carbocycles. The van der Waals surface area contributed by atoms with E-state index in [-0.39, 0.29) is 11.8 Å². The standard InChI is InChI=1S/C26H33ClN6O/c27-21-7-3-8-22(18-21)32-16-14-31(15-17-32)12-5-11-28-25(34)20-6-4-13-33(19-20)26-29-23-9-1-2-10-24(23)30-26/h1-3,7-10,18,20H,4-6,11-17,19H2,(H,28,34)(H,29,30)/t20-/m1/s1. The summed E-state index contributed by atoms with van der Waals surface area (Å²) in [6.07, 6.45) is 2.92. The Morgan fingerprint density at radius 2 is 1.91 bits per heavy atom. The lowest BCUT2D eigenvalue weighted by molar-refractivity contribution is -0.125. The first-order valence-corrected chi connectivity index (χ1v) is 12.7. The summed E-state index contributed by atoms with van der Waals surface area (Å²) < 4.78 is 0. The van der Waals surface area contributed by atoms with Crippen molar-refractivity contribution in [1.29, 1.82) is 0 Å². The number of nitrogens with zero attached hydrogens (tertiary/aromatic N) is 4. The number of piperidine rings is 1. The molecular formula is C26H33ClN6O. The quantitative estimate of drug-likeness (QED) is 0.504. The Labute approximate surface area is 206 Å². The number of aromatic nitrogens is 2. The first-order chi connectivity index (χ1) is 16.7. The number of hydrogen-bond acceptors (Lipinski definition) is 5. The number of halogens is 1. The Morgan fingerprint density at radius 1 is 1.06 bits per heavy atom. The summed E-state index contributed by atoms with van der Waals surface area (Å²) in [6.45, 7) is 7.49. The fourth-order valence-corrected chi connectivity index (χ4v) is 5.22. The van der Waals surface area contributed by atoms with Crippen molar-refractivity contribution < 1.29 is 4.79 Å². The van der Waals surface area contributed by atoms with Crippen LogP contribution in [0.5, 0.6) is 0 Å². The fourth-order valence-electron chi connectivity index (χ4n) is 5.03. The van der Waals surface area contributed by atoms with Gasteiger partial charge in [0.05, 0.1) is 17.0 Å². The van der Waals surface area contributed by atoms with Crippen molar-refractivity contribution in [2.24, 2.45) is 5.92 Å². The van der Waals surface area contributed by atoms with Gasteiger partial charge in [0.25, 0.3) is 0 Å². The highest BCUT2D eigenvalue weighted by atomic mass is 35.5. The van der Waals surface area contributed by atoms with Crippen molar-refractivity contribution in [3.8, 4) is 0 Å². The number of anilines is 2. The number of nitrogens with one attached hydrogen (secondary N) is 2. The predicted molar refractivity (Wildman–Crippen MR) is 139 cm³/mol. The van der Waals surface area contributed by atoms with Gasteiger partial charge < -0.3 is 20.1 Å². The van der Waals surface area contributed by atoms with E-state index in [1.54, 1.807) is 0 Å². The number of aromatic amines is 1. The van der Waals surface area contributed by atoms with Gasteiger partial charge in [0.2, 0.25) is 11.9 Å². The number of carbonyl (C=O) groups is 1. The van der Waals surface area contributed by atoms with E-state index in [4.69, 9.17) is 16.6 Å². The smallest absolute Gasteiger partial charge is 0.224 e. The van der Waals surface area contributed by atoms with Crippen molar-refractivity contribution >= 4 is 40.2 Å². The Balaban J connectivity index is 1.03. The molecular weight excluding hydrogens is 448 g/mol. The van der Waals surface area contributed by atoms with Gasteiger partial charge in [-0.3, -0.25) is 9.69 Å². The predicted octanol–water partition coefficient (Wildman–Crippen LogP) is 3.76. The Morgan fingerprint density at radius 3 is 2.74 bits per heavy atom. The molecule has 0 saturated carbocycles. The van der Waals surface area contributed by atoms with Crippen LogP contribution in [0.3, 0.4) is 0 Å². The molecule has 3 heterocycles. The third-order valence-electron chi connectivity index (χ3n) is 6.96. The summed E-state index contributed by atoms with van der Waals surface area (Å²) >= 11 is 6.14. The van der Waals surface area contributed by atoms with Crippen LogP contribution in [0.15, 0.2) is 48.5 Å². The van der Waals surface area contributed by atoms with Gasteiger partial charge >= 0.3 is 0 Å². The summed E-state index contributed by atoms with van der Waals surface area (Å²) in [4.78, 5) is 28.0. The number of benzene rings is 2. The molecule has 3 aromatic rings. The summed E-state index contributed by atoms with van der Waals surface area (Å²) in [5.41, 5.74) is 3.21. The van der Waals surface area contributed by atoms with Crippen LogP contribution in [0.2, 0.25) is 5.02 Å². The Kier molecular flexibility index (Phi) is 7.21. The molecule has 7 nitrogen and oxygen atoms in total. The first-order valence-electron chi connectivity index (χ1n) is 12.4. The lowest BCUT2D eigenvalue weighted by atomic mass is 9.97. The molecule has 8 heteroatoms. The molecule has 1 aromatic heterocycles. The fraction of sp³-hybridized carbons (Fsp3) is 0.462. The second kappa shape index (κ2) is 10.7. The lowest BCUT2D eigenvalue weighted by Crippen LogP contribution is -2.47. The average molecular weight is 481 g/mol. The number of fused-ring (bicyclic) bond motifs is 1. The largest absolute Gasteiger partial charge is 0.369 e. The van der Waals surface area contributed by atoms with Crippen LogP contribution in [-0.2, 0) is 4.79 Å². The van der Waals surface area contributed by atoms with Crippen molar-refractivity contribution in [1.82, 2.24) is 20.2 Å². The SMILES string of the molecule is O=C(NCCCN1CCN(c2cccc(Cl)c2)CC1)[C@@H]1CCCN(c2nc3ccccc3[nH]2)C1. The van der Waals surface area contributed by atoms with Crippen molar-refractivity contribution in [3.05, 3.63) is 53.6 Å². The highest BCUT2D eigenvalue weighted by molar-refractivity contribution is 6.30. The zero-order chi connectivity index (χ0) is 23.3. The van der Waals surface area contributed by atoms with Crippen molar-refractivity contribution in [2.75, 3.05) is 62.2 Å². The third kappa shape index (κ3) is 5.47. The average Bonchev–Trinajstić information content (AvgIpc) is 3.31. The first kappa shape index (κ1) is 23.0. The van der Waals surface area contributed by atoms with Crippen LogP contribution in [0.4, 0.5) is 11.6 Å². The van der Waals surface area contributed by atoms with Crippen LogP contribution in [0.1, 0.15) is 19.3 Å². The van der Waals surface area contributed by atoms with E-state index in [0.29, 0.717) is 0 Å². The second-order valence-electron chi connectivity index (χ2n) is 9.32. The van der Waals surface area contributed by atoms with Gasteiger partial charge in [-0.25, -0.2) is 4.98 Å². The molecule has 180 valence electrons. The maximum absolute atomic E-state index is 12.8. The van der Waals surface area contributed by atoms with E-state index in [0.717, 1.165) is 93.6 Å². The number of piperazine rings is 1. The molecule has 2 fully saturated rings. The van der Waals surface area contributed by atoms with Crippen LogP contribution in [-0.4, -0.2) is 73.1 Å². The maximum atomic E-state index is 12.8. The Hall–Kier alpha value is -2.77. The molecule has 2 saturated heterocycles. The lowest BCUT2D eigenvalue weighted by Gasteiger charge is -2.36. The normalized spacial score (nSPS) is 19.5. The minimum Gasteiger partial charge on any atom is -0.369 e. The van der Waals surface area contributed by atoms with Crippen molar-refractivity contribution in [2.45, 2.75) is 19.3 Å². The topological polar surface area (TPSA) is 67.5 Å². The number of carbonyl (C=O) groups excluding carboxylic acids is 1. The number of hydrogen-bond donors (Lipinski definition) is 2. The second-order valence-corrected chi connectivity index (χ2v) is 9.75. The molecule has 1 atom stereocenters. The highest BCUT2D eigenvalue weighted by Gasteiger charge is 2.27. The molecule has 2 aromatic carbocycles. The van der Waals surface area contributed by atoms with Gasteiger partial charge in [-0.2, -0.15) is 0 Å². The van der Waals surface area contributed by atoms with E-state index in [1.165, 1.54) is 5.69 Å². The molecule has 2 N–H and O–H groups in total. The zero-order valence-electron chi connectivity index (χ0n) is 19.5. The summed E-state index contributed by atoms with van der Waals surface area (Å²) in [5.74, 6) is 1.06. The van der Waals surface area contributed by atoms with E-state index < -0.39 is 0 Å². The zero-order valence-corrected chi connectivity index (χ0v) is 20.3. The molecule has 2 aliphatic heterocycles. The van der Waals surface area contributed by atoms with Crippen LogP contribution < -0.4 is 15.1 Å². The van der Waals surface area contributed by atoms with Gasteiger partial charge in [0.15, 0.2) is 0 Å². The Bertz CT molecular complexity index is 1080. The minimum absolute atomic E-state index is 0.0169. The summed E-state index contributed by atoms with van der Waals surface area (Å²) in [7, 11) is 0. The highest BCUT2D eigenvalue weighted by Crippen LogP contribution is 2.24. The molecule has 0 bridgehead atoms. The molecule has 5 rings (SSSR count). The van der Waals surface area contributed by atoms with Gasteiger partial charge in [-0.05, 0) is 56.1 Å². The summed E-state index contributed by atoms with van der Waals surface area (Å²) in [5, 5.41) is 3.97. The third-order valence-corrected chi connectivity index (χ3v) is 7.20. The maximum Gasteiger partial charge on any atom is 0.224 e. The van der Waals surface area contributed by atoms with Crippen LogP contribution >= 0.6 is 11.6 Å². The van der Waals surface area contributed by atoms with Crippen LogP contribution in [0, 0.1) is 5.92 Å². The molecule has 0 radical (unpaired) electrons. The number of rotatable bonds is 7. The van der Waals surface area contributed by atoms with E-state index in [9.17, 15) is 4.79 Å². The molecule has 0 spiro atoms. The number of amides is 1. The van der Waals surface area contributed by atoms with Crippen LogP contribution in [0.25, 0.3) is 11.0 Å². The van der Waals surface area contributed by atoms with E-state index in [1.807, 2.05) is 42.5 Å². The molecule has 0 unspecified atom stereocenters. The van der Waals surface area contributed by atoms with Gasteiger partial charge in [-0.1, -0.05) is 29.8 Å². The molecule has 34 heavy (non-hydrogen) atoms. The van der Waals surface area contributed by atoms with E-state index >= 15 is 0 Å². The number of H-pyrrole nitrogens is 1. The molecule has 1 amide bonds. The number of para-hydroxylation sites is 2.